The van der Waals surface area contributed by atoms with Crippen LogP contribution in [0.3, 0.4) is 0 Å². The monoisotopic (exact) mass is 288 g/mol. The summed E-state index contributed by atoms with van der Waals surface area (Å²) in [6.45, 7) is 1.49. The van der Waals surface area contributed by atoms with E-state index in [1.54, 1.807) is 0 Å². The normalized spacial score (nSPS) is 18.4. The minimum atomic E-state index is -4.87. The van der Waals surface area contributed by atoms with E-state index in [2.05, 4.69) is 5.92 Å². The standard InChI is InChI=1S/C14H12ClF3O/c1-9-2-5-11(15)8-12(9)13(19,14(16,17)18)7-6-10-3-4-10/h2,5,8,10,19H,3-4H2,1H3. The molecule has 0 spiro atoms. The number of alkyl halides is 3. The van der Waals surface area contributed by atoms with Gasteiger partial charge < -0.3 is 5.11 Å². The minimum absolute atomic E-state index is 0.0339. The van der Waals surface area contributed by atoms with Gasteiger partial charge in [-0.25, -0.2) is 0 Å². The van der Waals surface area contributed by atoms with Gasteiger partial charge in [0.15, 0.2) is 0 Å². The van der Waals surface area contributed by atoms with Crippen molar-refractivity contribution in [2.75, 3.05) is 0 Å². The van der Waals surface area contributed by atoms with Gasteiger partial charge in [0, 0.05) is 16.5 Å². The molecule has 1 unspecified atom stereocenters. The molecule has 0 aromatic heterocycles. The second-order valence-corrected chi connectivity index (χ2v) is 5.15. The molecule has 0 aliphatic heterocycles. The molecule has 1 nitrogen and oxygen atoms in total. The van der Waals surface area contributed by atoms with Crippen LogP contribution in [0.4, 0.5) is 13.2 Å². The highest BCUT2D eigenvalue weighted by atomic mass is 35.5. The predicted molar refractivity (Wildman–Crippen MR) is 66.6 cm³/mol. The van der Waals surface area contributed by atoms with Gasteiger partial charge in [0.1, 0.15) is 0 Å². The van der Waals surface area contributed by atoms with Crippen molar-refractivity contribution in [3.8, 4) is 11.8 Å². The summed E-state index contributed by atoms with van der Waals surface area (Å²) < 4.78 is 39.5. The summed E-state index contributed by atoms with van der Waals surface area (Å²) in [4.78, 5) is 0. The number of halogens is 4. The first-order valence-electron chi connectivity index (χ1n) is 5.82. The molecule has 1 aromatic rings. The number of hydrogen-bond donors (Lipinski definition) is 1. The molecule has 5 heteroatoms. The van der Waals surface area contributed by atoms with Crippen LogP contribution in [0.25, 0.3) is 0 Å². The molecule has 102 valence electrons. The molecule has 0 radical (unpaired) electrons. The Morgan fingerprint density at radius 2 is 1.95 bits per heavy atom. The third-order valence-corrected chi connectivity index (χ3v) is 3.27. The van der Waals surface area contributed by atoms with Crippen LogP contribution in [-0.4, -0.2) is 11.3 Å². The van der Waals surface area contributed by atoms with E-state index in [1.807, 2.05) is 5.92 Å². The number of rotatable bonds is 1. The molecular weight excluding hydrogens is 277 g/mol. The van der Waals surface area contributed by atoms with E-state index in [-0.39, 0.29) is 16.5 Å². The van der Waals surface area contributed by atoms with E-state index in [0.29, 0.717) is 5.56 Å². The van der Waals surface area contributed by atoms with Crippen molar-refractivity contribution in [2.24, 2.45) is 5.92 Å². The summed E-state index contributed by atoms with van der Waals surface area (Å²) in [5.41, 5.74) is -3.17. The van der Waals surface area contributed by atoms with E-state index >= 15 is 0 Å². The lowest BCUT2D eigenvalue weighted by Crippen LogP contribution is -2.41. The summed E-state index contributed by atoms with van der Waals surface area (Å²) in [7, 11) is 0. The fraction of sp³-hybridized carbons (Fsp3) is 0.429. The molecule has 1 saturated carbocycles. The highest BCUT2D eigenvalue weighted by molar-refractivity contribution is 6.30. The largest absolute Gasteiger partial charge is 0.433 e. The quantitative estimate of drug-likeness (QED) is 0.779. The average Bonchev–Trinajstić information content (AvgIpc) is 3.11. The lowest BCUT2D eigenvalue weighted by Gasteiger charge is -2.27. The van der Waals surface area contributed by atoms with Gasteiger partial charge in [-0.3, -0.25) is 0 Å². The van der Waals surface area contributed by atoms with Crippen molar-refractivity contribution in [1.29, 1.82) is 0 Å². The van der Waals surface area contributed by atoms with E-state index in [9.17, 15) is 18.3 Å². The van der Waals surface area contributed by atoms with E-state index in [0.717, 1.165) is 18.9 Å². The maximum atomic E-state index is 13.2. The number of hydrogen-bond acceptors (Lipinski definition) is 1. The zero-order valence-electron chi connectivity index (χ0n) is 10.2. The number of aryl methyl sites for hydroxylation is 1. The van der Waals surface area contributed by atoms with Gasteiger partial charge in [-0.05, 0) is 37.5 Å². The van der Waals surface area contributed by atoms with Crippen molar-refractivity contribution in [3.63, 3.8) is 0 Å². The van der Waals surface area contributed by atoms with E-state index < -0.39 is 11.8 Å². The first kappa shape index (κ1) is 14.2. The molecule has 1 fully saturated rings. The topological polar surface area (TPSA) is 20.2 Å². The van der Waals surface area contributed by atoms with Crippen molar-refractivity contribution in [3.05, 3.63) is 34.3 Å². The van der Waals surface area contributed by atoms with Crippen LogP contribution < -0.4 is 0 Å². The first-order chi connectivity index (χ1) is 8.74. The van der Waals surface area contributed by atoms with Gasteiger partial charge in [0.25, 0.3) is 0 Å². The second-order valence-electron chi connectivity index (χ2n) is 4.71. The van der Waals surface area contributed by atoms with Crippen LogP contribution in [0.5, 0.6) is 0 Å². The van der Waals surface area contributed by atoms with Gasteiger partial charge in [-0.1, -0.05) is 29.5 Å². The fourth-order valence-electron chi connectivity index (χ4n) is 1.71. The smallest absolute Gasteiger partial charge is 0.366 e. The Hall–Kier alpha value is -1.18. The van der Waals surface area contributed by atoms with Crippen molar-refractivity contribution in [1.82, 2.24) is 0 Å². The molecule has 0 bridgehead atoms. The van der Waals surface area contributed by atoms with Crippen LogP contribution >= 0.6 is 11.6 Å². The molecule has 0 saturated heterocycles. The Morgan fingerprint density at radius 3 is 2.47 bits per heavy atom. The maximum Gasteiger partial charge on any atom is 0.433 e. The van der Waals surface area contributed by atoms with E-state index in [4.69, 9.17) is 11.6 Å². The Kier molecular flexibility index (Phi) is 3.55. The molecule has 1 aliphatic rings. The van der Waals surface area contributed by atoms with Gasteiger partial charge in [-0.2, -0.15) is 13.2 Å². The van der Waals surface area contributed by atoms with Crippen LogP contribution in [0.2, 0.25) is 5.02 Å². The highest BCUT2D eigenvalue weighted by Crippen LogP contribution is 2.41. The van der Waals surface area contributed by atoms with Crippen LogP contribution in [0, 0.1) is 24.7 Å². The third-order valence-electron chi connectivity index (χ3n) is 3.03. The minimum Gasteiger partial charge on any atom is -0.366 e. The molecule has 19 heavy (non-hydrogen) atoms. The molecular formula is C14H12ClF3O. The molecule has 0 heterocycles. The first-order valence-corrected chi connectivity index (χ1v) is 6.20. The number of benzene rings is 1. The molecule has 0 amide bonds. The number of aliphatic hydroxyl groups is 1. The van der Waals surface area contributed by atoms with Crippen molar-refractivity contribution < 1.29 is 18.3 Å². The van der Waals surface area contributed by atoms with Crippen LogP contribution in [0.15, 0.2) is 18.2 Å². The summed E-state index contributed by atoms with van der Waals surface area (Å²) in [5, 5.41) is 10.2. The zero-order chi connectivity index (χ0) is 14.3. The lowest BCUT2D eigenvalue weighted by atomic mass is 9.90. The molecule has 1 atom stereocenters. The summed E-state index contributed by atoms with van der Waals surface area (Å²) in [6, 6.07) is 4.03. The molecule has 2 rings (SSSR count). The molecule has 1 aliphatic carbocycles. The molecule has 1 N–H and O–H groups in total. The lowest BCUT2D eigenvalue weighted by molar-refractivity contribution is -0.241. The average molecular weight is 289 g/mol. The third kappa shape index (κ3) is 2.88. The van der Waals surface area contributed by atoms with Crippen LogP contribution in [-0.2, 0) is 5.60 Å². The van der Waals surface area contributed by atoms with Gasteiger partial charge in [0.2, 0.25) is 5.60 Å². The SMILES string of the molecule is Cc1ccc(Cl)cc1C(O)(C#CC1CC1)C(F)(F)F. The predicted octanol–water partition coefficient (Wildman–Crippen LogP) is 3.81. The van der Waals surface area contributed by atoms with Gasteiger partial charge in [0.05, 0.1) is 0 Å². The van der Waals surface area contributed by atoms with E-state index in [1.165, 1.54) is 19.1 Å². The second kappa shape index (κ2) is 4.73. The molecule has 1 aromatic carbocycles. The summed E-state index contributed by atoms with van der Waals surface area (Å²) in [5.74, 6) is 4.46. The Labute approximate surface area is 114 Å². The summed E-state index contributed by atoms with van der Waals surface area (Å²) in [6.07, 6.45) is -3.30. The van der Waals surface area contributed by atoms with Crippen LogP contribution in [0.1, 0.15) is 24.0 Å². The van der Waals surface area contributed by atoms with Gasteiger partial charge >= 0.3 is 6.18 Å². The zero-order valence-corrected chi connectivity index (χ0v) is 10.9. The fourth-order valence-corrected chi connectivity index (χ4v) is 1.88. The Balaban J connectivity index is 2.54. The van der Waals surface area contributed by atoms with Crippen molar-refractivity contribution in [2.45, 2.75) is 31.5 Å². The Bertz CT molecular complexity index is 552. The van der Waals surface area contributed by atoms with Gasteiger partial charge in [-0.15, -0.1) is 0 Å². The highest BCUT2D eigenvalue weighted by Gasteiger charge is 2.55. The summed E-state index contributed by atoms with van der Waals surface area (Å²) >= 11 is 5.72. The maximum absolute atomic E-state index is 13.2. The Morgan fingerprint density at radius 1 is 1.32 bits per heavy atom. The van der Waals surface area contributed by atoms with Crippen molar-refractivity contribution >= 4 is 11.6 Å².